The second kappa shape index (κ2) is 6.41. The van der Waals surface area contributed by atoms with Crippen LogP contribution in [0.4, 0.5) is 5.69 Å². The van der Waals surface area contributed by atoms with Crippen molar-refractivity contribution in [3.8, 4) is 5.75 Å². The fourth-order valence-electron chi connectivity index (χ4n) is 1.33. The van der Waals surface area contributed by atoms with Crippen molar-refractivity contribution >= 4 is 5.69 Å². The summed E-state index contributed by atoms with van der Waals surface area (Å²) in [4.78, 5) is 0. The predicted octanol–water partition coefficient (Wildman–Crippen LogP) is 4.07. The van der Waals surface area contributed by atoms with Gasteiger partial charge in [0.05, 0.1) is 6.10 Å². The van der Waals surface area contributed by atoms with Crippen molar-refractivity contribution < 1.29 is 4.74 Å². The van der Waals surface area contributed by atoms with Crippen LogP contribution in [0, 0.1) is 0 Å². The van der Waals surface area contributed by atoms with E-state index in [0.29, 0.717) is 6.04 Å². The molecule has 0 spiro atoms. The molecule has 2 heteroatoms. The Kier molecular flexibility index (Phi) is 5.17. The zero-order valence-corrected chi connectivity index (χ0v) is 10.8. The highest BCUT2D eigenvalue weighted by atomic mass is 16.5. The highest BCUT2D eigenvalue weighted by Gasteiger charge is 2.02. The SMILES string of the molecule is CCC(C)Nc1ccc(OC(C)CC)cc1. The molecule has 2 unspecified atom stereocenters. The van der Waals surface area contributed by atoms with Crippen LogP contribution in [0.3, 0.4) is 0 Å². The summed E-state index contributed by atoms with van der Waals surface area (Å²) in [5.41, 5.74) is 1.16. The quantitative estimate of drug-likeness (QED) is 0.781. The molecule has 0 aliphatic carbocycles. The van der Waals surface area contributed by atoms with Crippen molar-refractivity contribution in [3.63, 3.8) is 0 Å². The first-order chi connectivity index (χ1) is 7.65. The molecule has 0 fully saturated rings. The van der Waals surface area contributed by atoms with E-state index in [0.717, 1.165) is 24.3 Å². The zero-order valence-electron chi connectivity index (χ0n) is 10.8. The first kappa shape index (κ1) is 12.9. The predicted molar refractivity (Wildman–Crippen MR) is 70.2 cm³/mol. The van der Waals surface area contributed by atoms with Gasteiger partial charge in [0.1, 0.15) is 5.75 Å². The van der Waals surface area contributed by atoms with Crippen molar-refractivity contribution in [3.05, 3.63) is 24.3 Å². The van der Waals surface area contributed by atoms with E-state index in [4.69, 9.17) is 4.74 Å². The van der Waals surface area contributed by atoms with E-state index in [2.05, 4.69) is 45.1 Å². The molecule has 0 amide bonds. The molecule has 0 heterocycles. The summed E-state index contributed by atoms with van der Waals surface area (Å²) >= 11 is 0. The number of hydrogen-bond donors (Lipinski definition) is 1. The van der Waals surface area contributed by atoms with Crippen LogP contribution in [-0.2, 0) is 0 Å². The molecule has 1 N–H and O–H groups in total. The maximum absolute atomic E-state index is 5.72. The number of hydrogen-bond acceptors (Lipinski definition) is 2. The average Bonchev–Trinajstić information content (AvgIpc) is 2.31. The Labute approximate surface area is 99.0 Å². The molecule has 0 bridgehead atoms. The standard InChI is InChI=1S/C14H23NO/c1-5-11(3)15-13-7-9-14(10-8-13)16-12(4)6-2/h7-12,15H,5-6H2,1-4H3. The van der Waals surface area contributed by atoms with Gasteiger partial charge in [0.2, 0.25) is 0 Å². The van der Waals surface area contributed by atoms with Gasteiger partial charge in [0.15, 0.2) is 0 Å². The average molecular weight is 221 g/mol. The van der Waals surface area contributed by atoms with Crippen LogP contribution in [0.15, 0.2) is 24.3 Å². The molecule has 2 nitrogen and oxygen atoms in total. The number of anilines is 1. The van der Waals surface area contributed by atoms with E-state index in [1.165, 1.54) is 0 Å². The highest BCUT2D eigenvalue weighted by Crippen LogP contribution is 2.18. The van der Waals surface area contributed by atoms with Gasteiger partial charge in [-0.25, -0.2) is 0 Å². The Morgan fingerprint density at radius 2 is 1.69 bits per heavy atom. The van der Waals surface area contributed by atoms with Gasteiger partial charge >= 0.3 is 0 Å². The Bertz CT molecular complexity index is 263. The van der Waals surface area contributed by atoms with Gasteiger partial charge in [-0.2, -0.15) is 0 Å². The minimum absolute atomic E-state index is 0.286. The lowest BCUT2D eigenvalue weighted by molar-refractivity contribution is 0.217. The summed E-state index contributed by atoms with van der Waals surface area (Å²) in [6, 6.07) is 8.71. The van der Waals surface area contributed by atoms with Crippen LogP contribution >= 0.6 is 0 Å². The third-order valence-electron chi connectivity index (χ3n) is 2.79. The minimum Gasteiger partial charge on any atom is -0.491 e. The van der Waals surface area contributed by atoms with E-state index in [1.807, 2.05) is 12.1 Å². The molecule has 0 aliphatic heterocycles. The van der Waals surface area contributed by atoms with Crippen LogP contribution < -0.4 is 10.1 Å². The number of rotatable bonds is 6. The monoisotopic (exact) mass is 221 g/mol. The van der Waals surface area contributed by atoms with Crippen molar-refractivity contribution in [1.82, 2.24) is 0 Å². The number of nitrogens with one attached hydrogen (secondary N) is 1. The third kappa shape index (κ3) is 4.13. The Hall–Kier alpha value is -1.18. The van der Waals surface area contributed by atoms with Crippen molar-refractivity contribution in [1.29, 1.82) is 0 Å². The lowest BCUT2D eigenvalue weighted by Gasteiger charge is -2.15. The van der Waals surface area contributed by atoms with E-state index in [1.54, 1.807) is 0 Å². The lowest BCUT2D eigenvalue weighted by atomic mass is 10.2. The maximum atomic E-state index is 5.72. The summed E-state index contributed by atoms with van der Waals surface area (Å²) in [6.45, 7) is 8.58. The molecular formula is C14H23NO. The Morgan fingerprint density at radius 3 is 2.19 bits per heavy atom. The third-order valence-corrected chi connectivity index (χ3v) is 2.79. The minimum atomic E-state index is 0.286. The molecule has 90 valence electrons. The summed E-state index contributed by atoms with van der Waals surface area (Å²) < 4.78 is 5.72. The first-order valence-corrected chi connectivity index (χ1v) is 6.19. The van der Waals surface area contributed by atoms with E-state index in [-0.39, 0.29) is 6.10 Å². The summed E-state index contributed by atoms with van der Waals surface area (Å²) in [6.07, 6.45) is 2.45. The number of benzene rings is 1. The summed E-state index contributed by atoms with van der Waals surface area (Å²) in [5.74, 6) is 0.948. The van der Waals surface area contributed by atoms with Gasteiger partial charge in [0, 0.05) is 11.7 Å². The molecular weight excluding hydrogens is 198 g/mol. The van der Waals surface area contributed by atoms with Crippen molar-refractivity contribution in [2.75, 3.05) is 5.32 Å². The van der Waals surface area contributed by atoms with Gasteiger partial charge in [-0.1, -0.05) is 13.8 Å². The smallest absolute Gasteiger partial charge is 0.119 e. The summed E-state index contributed by atoms with van der Waals surface area (Å²) in [7, 11) is 0. The van der Waals surface area contributed by atoms with Gasteiger partial charge < -0.3 is 10.1 Å². The van der Waals surface area contributed by atoms with Crippen LogP contribution in [-0.4, -0.2) is 12.1 Å². The van der Waals surface area contributed by atoms with Crippen LogP contribution in [0.2, 0.25) is 0 Å². The second-order valence-electron chi connectivity index (χ2n) is 4.31. The van der Waals surface area contributed by atoms with Crippen LogP contribution in [0.5, 0.6) is 5.75 Å². The molecule has 0 radical (unpaired) electrons. The normalized spacial score (nSPS) is 14.2. The lowest BCUT2D eigenvalue weighted by Crippen LogP contribution is -2.13. The van der Waals surface area contributed by atoms with Gasteiger partial charge in [0.25, 0.3) is 0 Å². The van der Waals surface area contributed by atoms with Gasteiger partial charge in [-0.15, -0.1) is 0 Å². The fourth-order valence-corrected chi connectivity index (χ4v) is 1.33. The molecule has 16 heavy (non-hydrogen) atoms. The van der Waals surface area contributed by atoms with Gasteiger partial charge in [-0.05, 0) is 51.0 Å². The molecule has 1 rings (SSSR count). The van der Waals surface area contributed by atoms with E-state index >= 15 is 0 Å². The molecule has 1 aromatic rings. The molecule has 0 saturated heterocycles. The molecule has 1 aromatic carbocycles. The topological polar surface area (TPSA) is 21.3 Å². The Morgan fingerprint density at radius 1 is 1.06 bits per heavy atom. The molecule has 0 aliphatic rings. The molecule has 0 saturated carbocycles. The van der Waals surface area contributed by atoms with Crippen LogP contribution in [0.1, 0.15) is 40.5 Å². The Balaban J connectivity index is 2.54. The van der Waals surface area contributed by atoms with Crippen molar-refractivity contribution in [2.45, 2.75) is 52.7 Å². The second-order valence-corrected chi connectivity index (χ2v) is 4.31. The summed E-state index contributed by atoms with van der Waals surface area (Å²) in [5, 5.41) is 3.43. The van der Waals surface area contributed by atoms with E-state index < -0.39 is 0 Å². The highest BCUT2D eigenvalue weighted by molar-refractivity contribution is 5.46. The molecule has 0 aromatic heterocycles. The molecule has 2 atom stereocenters. The maximum Gasteiger partial charge on any atom is 0.119 e. The van der Waals surface area contributed by atoms with Crippen molar-refractivity contribution in [2.24, 2.45) is 0 Å². The van der Waals surface area contributed by atoms with E-state index in [9.17, 15) is 0 Å². The zero-order chi connectivity index (χ0) is 12.0. The largest absolute Gasteiger partial charge is 0.491 e. The first-order valence-electron chi connectivity index (χ1n) is 6.19. The van der Waals surface area contributed by atoms with Crippen LogP contribution in [0.25, 0.3) is 0 Å². The number of ether oxygens (including phenoxy) is 1. The van der Waals surface area contributed by atoms with Gasteiger partial charge in [-0.3, -0.25) is 0 Å². The fraction of sp³-hybridized carbons (Fsp3) is 0.571.